The van der Waals surface area contributed by atoms with E-state index in [-0.39, 0.29) is 22.1 Å². The fraction of sp³-hybridized carbons (Fsp3) is 0.214. The summed E-state index contributed by atoms with van der Waals surface area (Å²) < 4.78 is 10.9. The number of Topliss-reactive ketones (excluding diaryl/α,β-unsaturated/α-hetero) is 1. The van der Waals surface area contributed by atoms with Crippen LogP contribution in [0.4, 0.5) is 5.69 Å². The summed E-state index contributed by atoms with van der Waals surface area (Å²) in [6, 6.07) is 16.6. The molecule has 0 saturated carbocycles. The fourth-order valence-electron chi connectivity index (χ4n) is 4.04. The second-order valence-corrected chi connectivity index (χ2v) is 9.22. The van der Waals surface area contributed by atoms with Crippen LogP contribution in [-0.2, 0) is 9.59 Å². The molecule has 4 rings (SSSR count). The van der Waals surface area contributed by atoms with Gasteiger partial charge in [-0.3, -0.25) is 14.5 Å². The summed E-state index contributed by atoms with van der Waals surface area (Å²) in [5.41, 5.74) is 1.03. The van der Waals surface area contributed by atoms with Crippen LogP contribution >= 0.6 is 11.6 Å². The minimum atomic E-state index is -1.00. The number of aliphatic hydroxyl groups is 1. The van der Waals surface area contributed by atoms with E-state index in [0.29, 0.717) is 40.8 Å². The number of carbonyl (C=O) groups is 2. The zero-order chi connectivity index (χ0) is 26.0. The van der Waals surface area contributed by atoms with E-state index in [9.17, 15) is 19.8 Å². The van der Waals surface area contributed by atoms with Crippen molar-refractivity contribution in [1.29, 1.82) is 0 Å². The number of aromatic hydroxyl groups is 1. The van der Waals surface area contributed by atoms with E-state index in [2.05, 4.69) is 0 Å². The first-order valence-electron chi connectivity index (χ1n) is 11.4. The molecule has 3 aromatic rings. The number of phenolic OH excluding ortho intramolecular Hbond substituents is 1. The largest absolute Gasteiger partial charge is 0.508 e. The van der Waals surface area contributed by atoms with Gasteiger partial charge in [-0.1, -0.05) is 37.6 Å². The van der Waals surface area contributed by atoms with Crippen LogP contribution in [0, 0.1) is 5.92 Å². The first-order valence-corrected chi connectivity index (χ1v) is 11.8. The van der Waals surface area contributed by atoms with Gasteiger partial charge in [0, 0.05) is 11.3 Å². The molecule has 36 heavy (non-hydrogen) atoms. The van der Waals surface area contributed by atoms with Crippen molar-refractivity contribution in [2.45, 2.75) is 19.9 Å². The minimum absolute atomic E-state index is 0.0440. The number of benzene rings is 3. The number of carbonyl (C=O) groups excluding carboxylic acids is 2. The molecule has 0 aromatic heterocycles. The second kappa shape index (κ2) is 10.3. The molecule has 1 saturated heterocycles. The number of halogens is 1. The quantitative estimate of drug-likeness (QED) is 0.241. The fourth-order valence-corrected chi connectivity index (χ4v) is 4.29. The smallest absolute Gasteiger partial charge is 0.300 e. The zero-order valence-electron chi connectivity index (χ0n) is 20.1. The van der Waals surface area contributed by atoms with Gasteiger partial charge < -0.3 is 19.7 Å². The molecule has 0 spiro atoms. The maximum absolute atomic E-state index is 13.3. The van der Waals surface area contributed by atoms with E-state index >= 15 is 0 Å². The standard InChI is InChI=1S/C28H26ClNO6/c1-16(2)15-36-21-10-7-17(8-11-21)26(32)24-25(18-5-4-6-20(31)13-18)30(28(34)27(24)33)19-9-12-23(35-3)22(29)14-19/h4-14,16,25,31-32H,15H2,1-3H3/b26-24+. The lowest BCUT2D eigenvalue weighted by atomic mass is 9.95. The lowest BCUT2D eigenvalue weighted by Crippen LogP contribution is -2.29. The molecule has 2 N–H and O–H groups in total. The van der Waals surface area contributed by atoms with E-state index in [0.717, 1.165) is 0 Å². The molecular formula is C28H26ClNO6. The van der Waals surface area contributed by atoms with Crippen molar-refractivity contribution in [2.75, 3.05) is 18.6 Å². The number of ether oxygens (including phenoxy) is 2. The highest BCUT2D eigenvalue weighted by molar-refractivity contribution is 6.51. The van der Waals surface area contributed by atoms with Gasteiger partial charge in [0.05, 0.1) is 30.4 Å². The number of hydrogen-bond donors (Lipinski definition) is 2. The maximum atomic E-state index is 13.3. The third-order valence-electron chi connectivity index (χ3n) is 5.76. The van der Waals surface area contributed by atoms with Gasteiger partial charge in [0.2, 0.25) is 0 Å². The molecule has 8 heteroatoms. The highest BCUT2D eigenvalue weighted by Gasteiger charge is 2.47. The van der Waals surface area contributed by atoms with Gasteiger partial charge in [-0.05, 0) is 66.1 Å². The average molecular weight is 508 g/mol. The highest BCUT2D eigenvalue weighted by atomic mass is 35.5. The number of methoxy groups -OCH3 is 1. The third-order valence-corrected chi connectivity index (χ3v) is 6.05. The van der Waals surface area contributed by atoms with E-state index in [1.54, 1.807) is 48.5 Å². The Labute approximate surface area is 214 Å². The number of hydrogen-bond acceptors (Lipinski definition) is 6. The molecule has 0 bridgehead atoms. The number of aliphatic hydroxyl groups excluding tert-OH is 1. The Kier molecular flexibility index (Phi) is 7.22. The summed E-state index contributed by atoms with van der Waals surface area (Å²) in [5, 5.41) is 21.6. The van der Waals surface area contributed by atoms with Gasteiger partial charge in [0.1, 0.15) is 23.0 Å². The van der Waals surface area contributed by atoms with Crippen LogP contribution < -0.4 is 14.4 Å². The molecule has 0 aliphatic carbocycles. The van der Waals surface area contributed by atoms with Crippen LogP contribution in [-0.4, -0.2) is 35.6 Å². The van der Waals surface area contributed by atoms with Gasteiger partial charge in [-0.25, -0.2) is 0 Å². The maximum Gasteiger partial charge on any atom is 0.300 e. The van der Waals surface area contributed by atoms with Gasteiger partial charge in [0.25, 0.3) is 11.7 Å². The van der Waals surface area contributed by atoms with Crippen molar-refractivity contribution in [1.82, 2.24) is 0 Å². The van der Waals surface area contributed by atoms with Crippen molar-refractivity contribution in [2.24, 2.45) is 5.92 Å². The summed E-state index contributed by atoms with van der Waals surface area (Å²) in [6.07, 6.45) is 0. The number of rotatable bonds is 7. The molecule has 1 aliphatic heterocycles. The van der Waals surface area contributed by atoms with Crippen molar-refractivity contribution >= 4 is 34.7 Å². The van der Waals surface area contributed by atoms with Crippen molar-refractivity contribution in [3.63, 3.8) is 0 Å². The van der Waals surface area contributed by atoms with Gasteiger partial charge in [-0.15, -0.1) is 0 Å². The van der Waals surface area contributed by atoms with E-state index in [1.807, 2.05) is 13.8 Å². The second-order valence-electron chi connectivity index (χ2n) is 8.81. The topological polar surface area (TPSA) is 96.3 Å². The number of amides is 1. The Morgan fingerprint density at radius 2 is 1.78 bits per heavy atom. The van der Waals surface area contributed by atoms with Crippen LogP contribution in [0.15, 0.2) is 72.3 Å². The molecule has 1 unspecified atom stereocenters. The monoisotopic (exact) mass is 507 g/mol. The SMILES string of the molecule is COc1ccc(N2C(=O)C(=O)/C(=C(/O)c3ccc(OCC(C)C)cc3)C2c2cccc(O)c2)cc1Cl. The Bertz CT molecular complexity index is 1330. The van der Waals surface area contributed by atoms with Crippen LogP contribution in [0.3, 0.4) is 0 Å². The molecule has 1 amide bonds. The Hall–Kier alpha value is -3.97. The number of nitrogens with zero attached hydrogens (tertiary/aromatic N) is 1. The van der Waals surface area contributed by atoms with Gasteiger partial charge >= 0.3 is 0 Å². The van der Waals surface area contributed by atoms with Gasteiger partial charge in [-0.2, -0.15) is 0 Å². The molecule has 186 valence electrons. The molecule has 0 radical (unpaired) electrons. The van der Waals surface area contributed by atoms with Gasteiger partial charge in [0.15, 0.2) is 0 Å². The minimum Gasteiger partial charge on any atom is -0.508 e. The number of ketones is 1. The summed E-state index contributed by atoms with van der Waals surface area (Å²) in [6.45, 7) is 4.62. The van der Waals surface area contributed by atoms with Crippen LogP contribution in [0.1, 0.15) is 31.0 Å². The summed E-state index contributed by atoms with van der Waals surface area (Å²) in [4.78, 5) is 27.8. The van der Waals surface area contributed by atoms with Crippen molar-refractivity contribution < 1.29 is 29.3 Å². The Morgan fingerprint density at radius 1 is 1.06 bits per heavy atom. The molecule has 7 nitrogen and oxygen atoms in total. The Balaban J connectivity index is 1.83. The predicted molar refractivity (Wildman–Crippen MR) is 138 cm³/mol. The predicted octanol–water partition coefficient (Wildman–Crippen LogP) is 5.72. The van der Waals surface area contributed by atoms with E-state index in [4.69, 9.17) is 21.1 Å². The molecule has 1 fully saturated rings. The summed E-state index contributed by atoms with van der Waals surface area (Å²) in [7, 11) is 1.47. The molecular weight excluding hydrogens is 482 g/mol. The summed E-state index contributed by atoms with van der Waals surface area (Å²) in [5.74, 6) is -0.681. The first kappa shape index (κ1) is 25.1. The number of phenols is 1. The first-order chi connectivity index (χ1) is 17.2. The lowest BCUT2D eigenvalue weighted by molar-refractivity contribution is -0.132. The molecule has 1 atom stereocenters. The number of anilines is 1. The van der Waals surface area contributed by atoms with Crippen molar-refractivity contribution in [3.05, 3.63) is 88.5 Å². The lowest BCUT2D eigenvalue weighted by Gasteiger charge is -2.26. The third kappa shape index (κ3) is 4.88. The zero-order valence-corrected chi connectivity index (χ0v) is 20.8. The van der Waals surface area contributed by atoms with Crippen LogP contribution in [0.5, 0.6) is 17.2 Å². The molecule has 3 aromatic carbocycles. The van der Waals surface area contributed by atoms with Crippen LogP contribution in [0.25, 0.3) is 5.76 Å². The highest BCUT2D eigenvalue weighted by Crippen LogP contribution is 2.44. The van der Waals surface area contributed by atoms with E-state index in [1.165, 1.54) is 30.2 Å². The normalized spacial score (nSPS) is 17.0. The summed E-state index contributed by atoms with van der Waals surface area (Å²) >= 11 is 6.30. The van der Waals surface area contributed by atoms with Crippen molar-refractivity contribution in [3.8, 4) is 17.2 Å². The van der Waals surface area contributed by atoms with E-state index < -0.39 is 17.7 Å². The van der Waals surface area contributed by atoms with Crippen LogP contribution in [0.2, 0.25) is 5.02 Å². The Morgan fingerprint density at radius 3 is 2.39 bits per heavy atom. The average Bonchev–Trinajstić information content (AvgIpc) is 3.13. The molecule has 1 heterocycles. The molecule has 1 aliphatic rings.